The Balaban J connectivity index is 2.04. The molecule has 1 heterocycles. The predicted octanol–water partition coefficient (Wildman–Crippen LogP) is 5.97. The summed E-state index contributed by atoms with van der Waals surface area (Å²) in [7, 11) is 0. The highest BCUT2D eigenvalue weighted by Crippen LogP contribution is 2.33. The first-order chi connectivity index (χ1) is 19.2. The van der Waals surface area contributed by atoms with E-state index in [1.54, 1.807) is 45.0 Å². The van der Waals surface area contributed by atoms with Gasteiger partial charge in [-0.2, -0.15) is 0 Å². The van der Waals surface area contributed by atoms with E-state index in [2.05, 4.69) is 19.2 Å². The van der Waals surface area contributed by atoms with Crippen molar-refractivity contribution in [1.29, 1.82) is 0 Å². The van der Waals surface area contributed by atoms with Crippen molar-refractivity contribution in [3.05, 3.63) is 87.7 Å². The SMILES string of the molecule is Cc1ccc(-c2c(CNC(=O)OC(C)(C)C)c(CC(C)C)nc(C)c2C(=O)OCc2ccc(CC(N)=O)cc2)cc1. The van der Waals surface area contributed by atoms with Crippen molar-refractivity contribution in [1.82, 2.24) is 10.3 Å². The molecule has 8 nitrogen and oxygen atoms in total. The molecule has 8 heteroatoms. The second-order valence-electron chi connectivity index (χ2n) is 11.7. The number of nitrogens with zero attached hydrogens (tertiary/aromatic N) is 1. The number of hydrogen-bond donors (Lipinski definition) is 2. The summed E-state index contributed by atoms with van der Waals surface area (Å²) in [6, 6.07) is 15.1. The third-order valence-corrected chi connectivity index (χ3v) is 6.29. The number of aromatic nitrogens is 1. The first-order valence-electron chi connectivity index (χ1n) is 13.8. The van der Waals surface area contributed by atoms with Gasteiger partial charge in [-0.05, 0) is 63.6 Å². The van der Waals surface area contributed by atoms with Gasteiger partial charge in [0.1, 0.15) is 12.2 Å². The lowest BCUT2D eigenvalue weighted by molar-refractivity contribution is -0.117. The first-order valence-corrected chi connectivity index (χ1v) is 13.8. The molecule has 41 heavy (non-hydrogen) atoms. The molecule has 218 valence electrons. The monoisotopic (exact) mass is 559 g/mol. The van der Waals surface area contributed by atoms with Crippen LogP contribution >= 0.6 is 0 Å². The molecule has 1 aromatic heterocycles. The number of carbonyl (C=O) groups excluding carboxylic acids is 3. The molecule has 0 bridgehead atoms. The maximum atomic E-state index is 13.7. The highest BCUT2D eigenvalue weighted by molar-refractivity contribution is 5.99. The minimum atomic E-state index is -0.650. The van der Waals surface area contributed by atoms with Gasteiger partial charge in [0.05, 0.1) is 17.7 Å². The second kappa shape index (κ2) is 13.4. The number of rotatable bonds is 10. The number of alkyl carbamates (subject to hydrolysis) is 1. The quantitative estimate of drug-likeness (QED) is 0.295. The van der Waals surface area contributed by atoms with Crippen LogP contribution in [0.15, 0.2) is 48.5 Å². The summed E-state index contributed by atoms with van der Waals surface area (Å²) in [5.41, 5.74) is 11.3. The van der Waals surface area contributed by atoms with Crippen molar-refractivity contribution < 1.29 is 23.9 Å². The smallest absolute Gasteiger partial charge is 0.407 e. The Bertz CT molecular complexity index is 1390. The Kier molecular flexibility index (Phi) is 10.3. The van der Waals surface area contributed by atoms with E-state index in [0.717, 1.165) is 33.5 Å². The van der Waals surface area contributed by atoms with Crippen LogP contribution in [-0.2, 0) is 40.3 Å². The van der Waals surface area contributed by atoms with Crippen molar-refractivity contribution in [2.24, 2.45) is 11.7 Å². The van der Waals surface area contributed by atoms with Crippen LogP contribution in [0.2, 0.25) is 0 Å². The van der Waals surface area contributed by atoms with Crippen molar-refractivity contribution in [3.63, 3.8) is 0 Å². The van der Waals surface area contributed by atoms with Crippen LogP contribution in [0.1, 0.15) is 78.6 Å². The third kappa shape index (κ3) is 9.17. The minimum Gasteiger partial charge on any atom is -0.457 e. The Morgan fingerprint density at radius 1 is 0.951 bits per heavy atom. The molecule has 0 aliphatic heterocycles. The molecule has 0 unspecified atom stereocenters. The molecule has 0 fully saturated rings. The Hall–Kier alpha value is -4.20. The molecule has 3 rings (SSSR count). The van der Waals surface area contributed by atoms with E-state index in [1.807, 2.05) is 38.1 Å². The fraction of sp³-hybridized carbons (Fsp3) is 0.394. The molecule has 3 aromatic rings. The summed E-state index contributed by atoms with van der Waals surface area (Å²) in [6.07, 6.45) is 0.262. The van der Waals surface area contributed by atoms with Crippen LogP contribution in [0.4, 0.5) is 4.79 Å². The average Bonchev–Trinajstić information content (AvgIpc) is 2.86. The standard InChI is InChI=1S/C33H41N3O5/c1-20(2)16-27-26(18-35-32(39)41-33(5,6)7)30(25-14-8-21(3)9-15-25)29(22(4)36-27)31(38)40-19-24-12-10-23(11-13-24)17-28(34)37/h8-15,20H,16-19H2,1-7H3,(H2,34,37)(H,35,39). The van der Waals surface area contributed by atoms with Gasteiger partial charge in [-0.25, -0.2) is 9.59 Å². The highest BCUT2D eigenvalue weighted by atomic mass is 16.6. The van der Waals surface area contributed by atoms with Crippen LogP contribution in [0.5, 0.6) is 0 Å². The van der Waals surface area contributed by atoms with Crippen molar-refractivity contribution >= 4 is 18.0 Å². The fourth-order valence-corrected chi connectivity index (χ4v) is 4.49. The number of hydrogen-bond acceptors (Lipinski definition) is 6. The third-order valence-electron chi connectivity index (χ3n) is 6.29. The predicted molar refractivity (Wildman–Crippen MR) is 159 cm³/mol. The van der Waals surface area contributed by atoms with E-state index in [0.29, 0.717) is 29.2 Å². The Labute approximate surface area is 242 Å². The van der Waals surface area contributed by atoms with Crippen molar-refractivity contribution in [2.75, 3.05) is 0 Å². The summed E-state index contributed by atoms with van der Waals surface area (Å²) < 4.78 is 11.3. The number of aryl methyl sites for hydroxylation is 2. The van der Waals surface area contributed by atoms with Crippen molar-refractivity contribution in [3.8, 4) is 11.1 Å². The molecular formula is C33H41N3O5. The summed E-state index contributed by atoms with van der Waals surface area (Å²) in [6.45, 7) is 13.6. The van der Waals surface area contributed by atoms with Gasteiger partial charge >= 0.3 is 12.1 Å². The van der Waals surface area contributed by atoms with E-state index in [9.17, 15) is 14.4 Å². The molecule has 0 radical (unpaired) electrons. The fourth-order valence-electron chi connectivity index (χ4n) is 4.49. The number of carbonyl (C=O) groups is 3. The largest absolute Gasteiger partial charge is 0.457 e. The molecule has 2 amide bonds. The van der Waals surface area contributed by atoms with E-state index in [1.165, 1.54) is 0 Å². The Morgan fingerprint density at radius 2 is 1.56 bits per heavy atom. The lowest BCUT2D eigenvalue weighted by atomic mass is 9.89. The number of benzene rings is 2. The molecule has 3 N–H and O–H groups in total. The van der Waals surface area contributed by atoms with Crippen LogP contribution in [-0.4, -0.2) is 28.6 Å². The van der Waals surface area contributed by atoms with E-state index in [-0.39, 0.29) is 19.6 Å². The summed E-state index contributed by atoms with van der Waals surface area (Å²) >= 11 is 0. The van der Waals surface area contributed by atoms with Gasteiger partial charge in [0.15, 0.2) is 0 Å². The summed E-state index contributed by atoms with van der Waals surface area (Å²) in [5.74, 6) is -0.626. The molecule has 0 saturated carbocycles. The highest BCUT2D eigenvalue weighted by Gasteiger charge is 2.26. The topological polar surface area (TPSA) is 121 Å². The van der Waals surface area contributed by atoms with E-state index < -0.39 is 23.6 Å². The zero-order chi connectivity index (χ0) is 30.3. The lowest BCUT2D eigenvalue weighted by Crippen LogP contribution is -2.32. The van der Waals surface area contributed by atoms with E-state index >= 15 is 0 Å². The number of nitrogens with one attached hydrogen (secondary N) is 1. The number of primary amides is 1. The van der Waals surface area contributed by atoms with Crippen molar-refractivity contribution in [2.45, 2.75) is 80.1 Å². The molecule has 0 spiro atoms. The summed E-state index contributed by atoms with van der Waals surface area (Å²) in [4.78, 5) is 42.3. The maximum absolute atomic E-state index is 13.7. The molecule has 0 aliphatic carbocycles. The van der Waals surface area contributed by atoms with Gasteiger partial charge in [-0.15, -0.1) is 0 Å². The lowest BCUT2D eigenvalue weighted by Gasteiger charge is -2.23. The molecule has 0 atom stereocenters. The van der Waals surface area contributed by atoms with Gasteiger partial charge < -0.3 is 20.5 Å². The van der Waals surface area contributed by atoms with Crippen LogP contribution < -0.4 is 11.1 Å². The summed E-state index contributed by atoms with van der Waals surface area (Å²) in [5, 5.41) is 2.87. The van der Waals surface area contributed by atoms with Gasteiger partial charge in [0.25, 0.3) is 0 Å². The minimum absolute atomic E-state index is 0.0434. The maximum Gasteiger partial charge on any atom is 0.407 e. The van der Waals surface area contributed by atoms with Gasteiger partial charge in [-0.3, -0.25) is 9.78 Å². The van der Waals surface area contributed by atoms with Crippen LogP contribution in [0, 0.1) is 19.8 Å². The van der Waals surface area contributed by atoms with Crippen LogP contribution in [0.25, 0.3) is 11.1 Å². The zero-order valence-corrected chi connectivity index (χ0v) is 25.1. The normalized spacial score (nSPS) is 11.3. The van der Waals surface area contributed by atoms with Gasteiger partial charge in [0.2, 0.25) is 5.91 Å². The van der Waals surface area contributed by atoms with Gasteiger partial charge in [-0.1, -0.05) is 67.9 Å². The number of esters is 1. The zero-order valence-electron chi connectivity index (χ0n) is 25.1. The Morgan fingerprint density at radius 3 is 2.12 bits per heavy atom. The molecule has 0 aliphatic rings. The number of amides is 2. The van der Waals surface area contributed by atoms with Crippen LogP contribution in [0.3, 0.4) is 0 Å². The molecule has 2 aromatic carbocycles. The number of pyridine rings is 1. The number of ether oxygens (including phenoxy) is 2. The average molecular weight is 560 g/mol. The number of nitrogens with two attached hydrogens (primary N) is 1. The van der Waals surface area contributed by atoms with Gasteiger partial charge in [0, 0.05) is 23.4 Å². The molecular weight excluding hydrogens is 518 g/mol. The molecule has 0 saturated heterocycles. The first kappa shape index (κ1) is 31.3. The second-order valence-corrected chi connectivity index (χ2v) is 11.7. The van der Waals surface area contributed by atoms with E-state index in [4.69, 9.17) is 20.2 Å².